The number of carbonyl (C=O) groups is 2. The smallest absolute Gasteiger partial charge is 0.363 e. The average molecular weight is 513 g/mol. The summed E-state index contributed by atoms with van der Waals surface area (Å²) < 4.78 is 36.7. The lowest BCUT2D eigenvalue weighted by Gasteiger charge is -2.21. The van der Waals surface area contributed by atoms with E-state index >= 15 is 0 Å². The van der Waals surface area contributed by atoms with Crippen LogP contribution < -0.4 is 9.50 Å². The first kappa shape index (κ1) is 24.4. The van der Waals surface area contributed by atoms with Crippen LogP contribution in [0, 0.1) is 5.92 Å². The number of hydrogen-bond acceptors (Lipinski definition) is 7. The van der Waals surface area contributed by atoms with E-state index in [0.29, 0.717) is 21.8 Å². The summed E-state index contributed by atoms with van der Waals surface area (Å²) in [5.41, 5.74) is 1.54. The molecule has 2 aliphatic rings. The van der Waals surface area contributed by atoms with E-state index < -0.39 is 16.1 Å². The van der Waals surface area contributed by atoms with Crippen molar-refractivity contribution in [3.63, 3.8) is 0 Å². The van der Waals surface area contributed by atoms with Crippen molar-refractivity contribution in [3.05, 3.63) is 93.1 Å². The largest absolute Gasteiger partial charge is 0.402 e. The fourth-order valence-electron chi connectivity index (χ4n) is 3.50. The van der Waals surface area contributed by atoms with Gasteiger partial charge < -0.3 is 14.2 Å². The van der Waals surface area contributed by atoms with E-state index in [1.54, 1.807) is 48.5 Å². The molecule has 1 unspecified atom stereocenters. The van der Waals surface area contributed by atoms with Crippen molar-refractivity contribution < 1.29 is 26.9 Å². The Labute approximate surface area is 207 Å². The Morgan fingerprint density at radius 3 is 2.57 bits per heavy atom. The molecule has 0 saturated heterocycles. The molecule has 10 heteroatoms. The first-order valence-electron chi connectivity index (χ1n) is 10.6. The highest BCUT2D eigenvalue weighted by Crippen LogP contribution is 2.31. The van der Waals surface area contributed by atoms with Gasteiger partial charge in [0.25, 0.3) is 0 Å². The minimum Gasteiger partial charge on any atom is -0.402 e. The molecule has 1 aliphatic heterocycles. The Bertz CT molecular complexity index is 1420. The molecule has 1 heterocycles. The standard InChI is InChI=1S/C25H21ClN2O6S/c1-15-13-20(11-12-21(15)27-16(2)29)35(31,32)34-23-6-4-3-5-18(23)14-22-25(30)33-24(28-22)17-7-9-19(26)10-8-17/h3-12,14-15H,13H2,1-2H3,(H,27,29)/b22-14+. The maximum absolute atomic E-state index is 13.0. The zero-order chi connectivity index (χ0) is 25.2. The van der Waals surface area contributed by atoms with Gasteiger partial charge in [-0.25, -0.2) is 9.79 Å². The van der Waals surface area contributed by atoms with Crippen molar-refractivity contribution in [3.8, 4) is 5.75 Å². The molecule has 180 valence electrons. The number of esters is 1. The molecule has 8 nitrogen and oxygen atoms in total. The van der Waals surface area contributed by atoms with Gasteiger partial charge in [-0.05, 0) is 55.0 Å². The van der Waals surface area contributed by atoms with Gasteiger partial charge in [0.1, 0.15) is 5.75 Å². The highest BCUT2D eigenvalue weighted by Gasteiger charge is 2.28. The molecular weight excluding hydrogens is 492 g/mol. The third-order valence-corrected chi connectivity index (χ3v) is 6.85. The van der Waals surface area contributed by atoms with Crippen molar-refractivity contribution in [2.75, 3.05) is 0 Å². The number of amides is 1. The van der Waals surface area contributed by atoms with Crippen molar-refractivity contribution >= 4 is 45.6 Å². The second-order valence-electron chi connectivity index (χ2n) is 7.96. The first-order valence-corrected chi connectivity index (χ1v) is 12.4. The normalized spacial score (nSPS) is 18.9. The molecule has 1 aliphatic carbocycles. The monoisotopic (exact) mass is 512 g/mol. The van der Waals surface area contributed by atoms with Gasteiger partial charge in [-0.2, -0.15) is 8.42 Å². The van der Waals surface area contributed by atoms with Gasteiger partial charge in [0.2, 0.25) is 11.8 Å². The highest BCUT2D eigenvalue weighted by molar-refractivity contribution is 7.91. The lowest BCUT2D eigenvalue weighted by atomic mass is 9.99. The van der Waals surface area contributed by atoms with Gasteiger partial charge in [-0.1, -0.05) is 36.7 Å². The fraction of sp³-hybridized carbons (Fsp3) is 0.160. The molecule has 0 radical (unpaired) electrons. The Morgan fingerprint density at radius 1 is 1.17 bits per heavy atom. The first-order chi connectivity index (χ1) is 16.6. The average Bonchev–Trinajstić information content (AvgIpc) is 3.16. The quantitative estimate of drug-likeness (QED) is 0.350. The van der Waals surface area contributed by atoms with Gasteiger partial charge in [-0.3, -0.25) is 4.79 Å². The van der Waals surface area contributed by atoms with Crippen LogP contribution >= 0.6 is 11.6 Å². The van der Waals surface area contributed by atoms with Crippen LogP contribution in [0.1, 0.15) is 31.4 Å². The molecule has 2 aromatic carbocycles. The van der Waals surface area contributed by atoms with Crippen LogP contribution in [0.5, 0.6) is 5.75 Å². The Hall–Kier alpha value is -3.69. The molecule has 0 aromatic heterocycles. The van der Waals surface area contributed by atoms with E-state index in [1.807, 2.05) is 6.92 Å². The number of benzene rings is 2. The van der Waals surface area contributed by atoms with Gasteiger partial charge in [0.05, 0.1) is 4.91 Å². The number of ether oxygens (including phenoxy) is 1. The number of carbonyl (C=O) groups excluding carboxylic acids is 2. The van der Waals surface area contributed by atoms with E-state index in [2.05, 4.69) is 10.3 Å². The molecule has 0 fully saturated rings. The summed E-state index contributed by atoms with van der Waals surface area (Å²) in [6, 6.07) is 13.0. The van der Waals surface area contributed by atoms with Crippen LogP contribution in [-0.2, 0) is 24.4 Å². The number of nitrogens with zero attached hydrogens (tertiary/aromatic N) is 1. The second-order valence-corrected chi connectivity index (χ2v) is 10.00. The molecule has 0 spiro atoms. The molecule has 1 N–H and O–H groups in total. The van der Waals surface area contributed by atoms with Crippen LogP contribution in [0.2, 0.25) is 5.02 Å². The van der Waals surface area contributed by atoms with E-state index in [1.165, 1.54) is 25.1 Å². The van der Waals surface area contributed by atoms with Crippen molar-refractivity contribution in [2.45, 2.75) is 20.3 Å². The number of rotatable bonds is 6. The summed E-state index contributed by atoms with van der Waals surface area (Å²) in [7, 11) is -4.14. The third-order valence-electron chi connectivity index (χ3n) is 5.25. The van der Waals surface area contributed by atoms with Gasteiger partial charge in [-0.15, -0.1) is 0 Å². The van der Waals surface area contributed by atoms with Gasteiger partial charge >= 0.3 is 16.1 Å². The number of cyclic esters (lactones) is 1. The number of aliphatic imine (C=N–C) groups is 1. The molecule has 2 aromatic rings. The summed E-state index contributed by atoms with van der Waals surface area (Å²) in [6.07, 6.45) is 4.54. The Balaban J connectivity index is 1.60. The van der Waals surface area contributed by atoms with Crippen LogP contribution in [-0.4, -0.2) is 26.2 Å². The molecule has 35 heavy (non-hydrogen) atoms. The maximum Gasteiger partial charge on any atom is 0.363 e. The minimum absolute atomic E-state index is 0.00298. The van der Waals surface area contributed by atoms with Gasteiger partial charge in [0, 0.05) is 34.7 Å². The zero-order valence-corrected chi connectivity index (χ0v) is 20.4. The van der Waals surface area contributed by atoms with Crippen molar-refractivity contribution in [1.82, 2.24) is 5.32 Å². The van der Waals surface area contributed by atoms with Crippen LogP contribution in [0.4, 0.5) is 0 Å². The lowest BCUT2D eigenvalue weighted by Crippen LogP contribution is -2.26. The fourth-order valence-corrected chi connectivity index (χ4v) is 4.81. The van der Waals surface area contributed by atoms with E-state index in [-0.39, 0.29) is 40.5 Å². The predicted molar refractivity (Wildman–Crippen MR) is 132 cm³/mol. The molecule has 1 amide bonds. The molecule has 0 bridgehead atoms. The molecule has 0 saturated carbocycles. The number of nitrogens with one attached hydrogen (secondary N) is 1. The van der Waals surface area contributed by atoms with E-state index in [9.17, 15) is 18.0 Å². The van der Waals surface area contributed by atoms with Crippen LogP contribution in [0.15, 0.2) is 82.0 Å². The van der Waals surface area contributed by atoms with Crippen molar-refractivity contribution in [1.29, 1.82) is 0 Å². The third kappa shape index (κ3) is 5.70. The topological polar surface area (TPSA) is 111 Å². The minimum atomic E-state index is -4.14. The van der Waals surface area contributed by atoms with Crippen LogP contribution in [0.25, 0.3) is 6.08 Å². The maximum atomic E-state index is 13.0. The summed E-state index contributed by atoms with van der Waals surface area (Å²) in [4.78, 5) is 28.0. The summed E-state index contributed by atoms with van der Waals surface area (Å²) in [5.74, 6) is -0.968. The van der Waals surface area contributed by atoms with E-state index in [0.717, 1.165) is 0 Å². The Kier molecular flexibility index (Phi) is 6.90. The summed E-state index contributed by atoms with van der Waals surface area (Å²) >= 11 is 5.90. The number of hydrogen-bond donors (Lipinski definition) is 1. The number of para-hydroxylation sites is 1. The number of halogens is 1. The highest BCUT2D eigenvalue weighted by atomic mass is 35.5. The number of allylic oxidation sites excluding steroid dienone is 4. The zero-order valence-electron chi connectivity index (χ0n) is 18.8. The Morgan fingerprint density at radius 2 is 1.89 bits per heavy atom. The SMILES string of the molecule is CC(=O)NC1=CC=C(S(=O)(=O)Oc2ccccc2/C=C2/N=C(c3ccc(Cl)cc3)OC2=O)CC1C. The van der Waals surface area contributed by atoms with E-state index in [4.69, 9.17) is 20.5 Å². The molecule has 4 rings (SSSR count). The molecular formula is C25H21ClN2O6S. The predicted octanol–water partition coefficient (Wildman–Crippen LogP) is 4.34. The van der Waals surface area contributed by atoms with Crippen molar-refractivity contribution in [2.24, 2.45) is 10.9 Å². The summed E-state index contributed by atoms with van der Waals surface area (Å²) in [6.45, 7) is 3.20. The second kappa shape index (κ2) is 9.89. The summed E-state index contributed by atoms with van der Waals surface area (Å²) in [5, 5.41) is 3.23. The van der Waals surface area contributed by atoms with Gasteiger partial charge in [0.15, 0.2) is 5.70 Å². The lowest BCUT2D eigenvalue weighted by molar-refractivity contribution is -0.130. The van der Waals surface area contributed by atoms with Crippen LogP contribution in [0.3, 0.4) is 0 Å². The molecule has 1 atom stereocenters.